The lowest BCUT2D eigenvalue weighted by molar-refractivity contribution is -1.01. The van der Waals surface area contributed by atoms with E-state index in [0.29, 0.717) is 11.2 Å². The van der Waals surface area contributed by atoms with Crippen LogP contribution in [-0.4, -0.2) is 51.9 Å². The van der Waals surface area contributed by atoms with Crippen LogP contribution in [-0.2, 0) is 27.2 Å². The van der Waals surface area contributed by atoms with Gasteiger partial charge in [0.2, 0.25) is 0 Å². The molecule has 3 heterocycles. The maximum Gasteiger partial charge on any atom is 0.332 e. The van der Waals surface area contributed by atoms with Gasteiger partial charge in [-0.2, -0.15) is 0 Å². The maximum absolute atomic E-state index is 12.7. The molecule has 0 atom stereocenters. The number of hydrogen-bond acceptors (Lipinski definition) is 3. The van der Waals surface area contributed by atoms with Crippen LogP contribution >= 0.6 is 0 Å². The van der Waals surface area contributed by atoms with Crippen LogP contribution in [0.15, 0.2) is 9.59 Å². The third-order valence-electron chi connectivity index (χ3n) is 5.38. The van der Waals surface area contributed by atoms with Crippen molar-refractivity contribution < 1.29 is 9.80 Å². The molecule has 0 saturated carbocycles. The number of nitrogens with zero attached hydrogens (tertiary/aromatic N) is 4. The Morgan fingerprint density at radius 2 is 1.76 bits per heavy atom. The first-order valence-corrected chi connectivity index (χ1v) is 9.24. The number of aromatic nitrogens is 4. The van der Waals surface area contributed by atoms with Gasteiger partial charge in [-0.05, 0) is 6.42 Å². The number of aryl methyl sites for hydroxylation is 2. The molecule has 1 fully saturated rings. The molecule has 8 heteroatoms. The van der Waals surface area contributed by atoms with E-state index in [1.165, 1.54) is 21.1 Å². The molecule has 138 valence electrons. The molecule has 0 aromatic carbocycles. The van der Waals surface area contributed by atoms with Crippen LogP contribution in [0.1, 0.15) is 25.6 Å². The van der Waals surface area contributed by atoms with Gasteiger partial charge in [0, 0.05) is 20.6 Å². The van der Waals surface area contributed by atoms with Crippen LogP contribution in [0.5, 0.6) is 0 Å². The van der Waals surface area contributed by atoms with E-state index < -0.39 is 0 Å². The lowest BCUT2D eigenvalue weighted by Crippen LogP contribution is -3.26. The Balaban J connectivity index is 2.07. The van der Waals surface area contributed by atoms with Crippen molar-refractivity contribution in [3.63, 3.8) is 0 Å². The van der Waals surface area contributed by atoms with Crippen molar-refractivity contribution in [2.24, 2.45) is 14.1 Å². The lowest BCUT2D eigenvalue weighted by Gasteiger charge is -2.27. The number of fused-ring (bicyclic) bond motifs is 1. The molecule has 0 amide bonds. The first-order chi connectivity index (χ1) is 11.9. The minimum atomic E-state index is -0.320. The van der Waals surface area contributed by atoms with Crippen molar-refractivity contribution in [3.05, 3.63) is 26.7 Å². The van der Waals surface area contributed by atoms with Crippen LogP contribution in [0.4, 0.5) is 0 Å². The quantitative estimate of drug-likeness (QED) is 0.610. The fraction of sp³-hybridized carbons (Fsp3) is 0.706. The summed E-state index contributed by atoms with van der Waals surface area (Å²) in [6, 6.07) is 0. The molecule has 0 bridgehead atoms. The smallest absolute Gasteiger partial charge is 0.328 e. The first-order valence-electron chi connectivity index (χ1n) is 9.24. The molecule has 1 saturated heterocycles. The van der Waals surface area contributed by atoms with Gasteiger partial charge in [-0.3, -0.25) is 13.9 Å². The fourth-order valence-corrected chi connectivity index (χ4v) is 3.61. The second-order valence-corrected chi connectivity index (χ2v) is 7.30. The van der Waals surface area contributed by atoms with Gasteiger partial charge in [0.25, 0.3) is 5.56 Å². The Hall–Kier alpha value is -1.93. The van der Waals surface area contributed by atoms with E-state index >= 15 is 0 Å². The summed E-state index contributed by atoms with van der Waals surface area (Å²) in [6.45, 7) is 8.26. The Bertz CT molecular complexity index is 870. The van der Waals surface area contributed by atoms with Gasteiger partial charge in [0.1, 0.15) is 32.7 Å². The first kappa shape index (κ1) is 17.9. The predicted octanol–water partition coefficient (Wildman–Crippen LogP) is -2.85. The minimum Gasteiger partial charge on any atom is -0.328 e. The average Bonchev–Trinajstić information content (AvgIpc) is 2.96. The molecule has 1 aliphatic heterocycles. The third-order valence-corrected chi connectivity index (χ3v) is 5.38. The Morgan fingerprint density at radius 3 is 2.40 bits per heavy atom. The van der Waals surface area contributed by atoms with Crippen molar-refractivity contribution in [2.45, 2.75) is 32.9 Å². The molecule has 0 radical (unpaired) electrons. The number of unbranched alkanes of at least 4 members (excludes halogenated alkanes) is 1. The van der Waals surface area contributed by atoms with Gasteiger partial charge in [0.05, 0.1) is 7.05 Å². The molecule has 1 aliphatic rings. The Morgan fingerprint density at radius 1 is 1.08 bits per heavy atom. The summed E-state index contributed by atoms with van der Waals surface area (Å²) in [5.41, 5.74) is 0.510. The van der Waals surface area contributed by atoms with E-state index in [-0.39, 0.29) is 11.2 Å². The lowest BCUT2D eigenvalue weighted by atomic mass is 10.3. The van der Waals surface area contributed by atoms with E-state index in [1.807, 2.05) is 0 Å². The number of piperazine rings is 1. The molecule has 0 aliphatic carbocycles. The molecule has 2 N–H and O–H groups in total. The zero-order valence-electron chi connectivity index (χ0n) is 15.8. The Labute approximate surface area is 147 Å². The van der Waals surface area contributed by atoms with Gasteiger partial charge in [-0.1, -0.05) is 13.3 Å². The van der Waals surface area contributed by atoms with Crippen LogP contribution in [0.25, 0.3) is 11.2 Å². The third kappa shape index (κ3) is 3.28. The topological polar surface area (TPSA) is 70.7 Å². The summed E-state index contributed by atoms with van der Waals surface area (Å²) < 4.78 is 4.73. The predicted molar refractivity (Wildman–Crippen MR) is 96.1 cm³/mol. The monoisotopic (exact) mass is 350 g/mol. The zero-order chi connectivity index (χ0) is 18.1. The van der Waals surface area contributed by atoms with Crippen molar-refractivity contribution >= 4 is 11.2 Å². The van der Waals surface area contributed by atoms with E-state index in [1.54, 1.807) is 11.9 Å². The molecule has 3 rings (SSSR count). The summed E-state index contributed by atoms with van der Waals surface area (Å²) in [7, 11) is 5.46. The number of rotatable bonds is 5. The highest BCUT2D eigenvalue weighted by Crippen LogP contribution is 2.12. The maximum atomic E-state index is 12.7. The molecule has 0 spiro atoms. The SMILES string of the molecule is CCCCn1c(C[NH+]2CC[NH+](C)CC2)nc2c1c(=O)n(C)c(=O)n2C. The van der Waals surface area contributed by atoms with E-state index in [9.17, 15) is 9.59 Å². The molecular formula is C17H30N6O2+2. The fourth-order valence-electron chi connectivity index (χ4n) is 3.61. The van der Waals surface area contributed by atoms with Crippen molar-refractivity contribution in [1.29, 1.82) is 0 Å². The summed E-state index contributed by atoms with van der Waals surface area (Å²) >= 11 is 0. The van der Waals surface area contributed by atoms with Crippen molar-refractivity contribution in [1.82, 2.24) is 18.7 Å². The summed E-state index contributed by atoms with van der Waals surface area (Å²) in [6.07, 6.45) is 2.04. The van der Waals surface area contributed by atoms with Gasteiger partial charge in [-0.25, -0.2) is 9.78 Å². The van der Waals surface area contributed by atoms with Crippen molar-refractivity contribution in [2.75, 3.05) is 33.2 Å². The highest BCUT2D eigenvalue weighted by Gasteiger charge is 2.25. The Kier molecular flexibility index (Phi) is 5.10. The largest absolute Gasteiger partial charge is 0.332 e. The van der Waals surface area contributed by atoms with E-state index in [0.717, 1.165) is 57.9 Å². The summed E-state index contributed by atoms with van der Waals surface area (Å²) in [5, 5.41) is 0. The van der Waals surface area contributed by atoms with Gasteiger partial charge >= 0.3 is 5.69 Å². The molecule has 0 unspecified atom stereocenters. The molecule has 2 aromatic rings. The standard InChI is InChI=1S/C17H28N6O2/c1-5-6-7-23-13(12-22-10-8-19(2)9-11-22)18-15-14(23)16(24)21(4)17(25)20(15)3/h5-12H2,1-4H3/p+2. The summed E-state index contributed by atoms with van der Waals surface area (Å²) in [4.78, 5) is 32.7. The van der Waals surface area contributed by atoms with E-state index in [4.69, 9.17) is 4.98 Å². The van der Waals surface area contributed by atoms with Crippen LogP contribution in [0.3, 0.4) is 0 Å². The molecule has 2 aromatic heterocycles. The van der Waals surface area contributed by atoms with Crippen LogP contribution in [0.2, 0.25) is 0 Å². The molecule has 25 heavy (non-hydrogen) atoms. The van der Waals surface area contributed by atoms with Gasteiger partial charge in [-0.15, -0.1) is 0 Å². The molecule has 8 nitrogen and oxygen atoms in total. The van der Waals surface area contributed by atoms with Crippen LogP contribution < -0.4 is 21.0 Å². The minimum absolute atomic E-state index is 0.245. The zero-order valence-corrected chi connectivity index (χ0v) is 15.8. The van der Waals surface area contributed by atoms with Gasteiger partial charge in [0.15, 0.2) is 17.0 Å². The normalized spacial score (nSPS) is 21.1. The highest BCUT2D eigenvalue weighted by atomic mass is 16.2. The van der Waals surface area contributed by atoms with Crippen LogP contribution in [0, 0.1) is 0 Å². The highest BCUT2D eigenvalue weighted by molar-refractivity contribution is 5.71. The number of quaternary nitrogens is 2. The molecular weight excluding hydrogens is 320 g/mol. The number of nitrogens with one attached hydrogen (secondary N) is 2. The number of likely N-dealkylation sites (N-methyl/N-ethyl adjacent to an activating group) is 1. The number of imidazole rings is 1. The number of hydrogen-bond donors (Lipinski definition) is 2. The average molecular weight is 350 g/mol. The second kappa shape index (κ2) is 7.13. The second-order valence-electron chi connectivity index (χ2n) is 7.30. The van der Waals surface area contributed by atoms with E-state index in [2.05, 4.69) is 18.5 Å². The summed E-state index contributed by atoms with van der Waals surface area (Å²) in [5.74, 6) is 0.927. The van der Waals surface area contributed by atoms with Gasteiger partial charge < -0.3 is 14.4 Å². The van der Waals surface area contributed by atoms with Crippen molar-refractivity contribution in [3.8, 4) is 0 Å².